The number of para-hydroxylation sites is 5. The van der Waals surface area contributed by atoms with Crippen LogP contribution in [0.5, 0.6) is 0 Å². The number of rotatable bonds is 7. The molecule has 0 fully saturated rings. The summed E-state index contributed by atoms with van der Waals surface area (Å²) in [5.74, 6) is 0. The Bertz CT molecular complexity index is 3890. The van der Waals surface area contributed by atoms with Gasteiger partial charge in [-0.3, -0.25) is 0 Å². The van der Waals surface area contributed by atoms with Crippen LogP contribution in [0.25, 0.3) is 105 Å². The highest BCUT2D eigenvalue weighted by Gasteiger charge is 2.18. The van der Waals surface area contributed by atoms with Crippen molar-refractivity contribution in [2.45, 2.75) is 0 Å². The molecular weight excluding hydrogens is 781 g/mol. The number of hydrogen-bond acceptors (Lipinski definition) is 3. The van der Waals surface area contributed by atoms with Crippen LogP contribution in [0.4, 0.5) is 17.1 Å². The maximum Gasteiger partial charge on any atom is 0.143 e. The van der Waals surface area contributed by atoms with Gasteiger partial charge in [-0.1, -0.05) is 140 Å². The van der Waals surface area contributed by atoms with Gasteiger partial charge in [-0.05, 0) is 119 Å². The molecule has 0 saturated heterocycles. The van der Waals surface area contributed by atoms with Gasteiger partial charge < -0.3 is 18.3 Å². The first-order valence-electron chi connectivity index (χ1n) is 21.7. The van der Waals surface area contributed by atoms with Crippen LogP contribution in [0.1, 0.15) is 0 Å². The third-order valence-corrected chi connectivity index (χ3v) is 12.8. The summed E-state index contributed by atoms with van der Waals surface area (Å²) < 4.78 is 15.0. The molecule has 0 unspecified atom stereocenters. The van der Waals surface area contributed by atoms with Gasteiger partial charge in [0.1, 0.15) is 22.3 Å². The third kappa shape index (κ3) is 5.84. The van der Waals surface area contributed by atoms with E-state index in [-0.39, 0.29) is 0 Å². The minimum atomic E-state index is 0.897. The van der Waals surface area contributed by atoms with Gasteiger partial charge in [-0.15, -0.1) is 0 Å². The molecule has 13 rings (SSSR count). The quantitative estimate of drug-likeness (QED) is 0.161. The predicted octanol–water partition coefficient (Wildman–Crippen LogP) is 17.1. The summed E-state index contributed by atoms with van der Waals surface area (Å²) in [6, 6.07) is 82.3. The van der Waals surface area contributed by atoms with E-state index in [1.807, 2.05) is 24.3 Å². The van der Waals surface area contributed by atoms with E-state index in [0.29, 0.717) is 0 Å². The average molecular weight is 819 g/mol. The lowest BCUT2D eigenvalue weighted by molar-refractivity contribution is 0.669. The Morgan fingerprint density at radius 1 is 0.297 bits per heavy atom. The Morgan fingerprint density at radius 2 is 0.844 bits per heavy atom. The second-order valence-corrected chi connectivity index (χ2v) is 16.5. The van der Waals surface area contributed by atoms with Gasteiger partial charge in [0, 0.05) is 60.6 Å². The van der Waals surface area contributed by atoms with Crippen LogP contribution in [0.15, 0.2) is 239 Å². The molecule has 0 N–H and O–H groups in total. The van der Waals surface area contributed by atoms with Crippen molar-refractivity contribution in [1.29, 1.82) is 0 Å². The minimum Gasteiger partial charge on any atom is -0.456 e. The van der Waals surface area contributed by atoms with Gasteiger partial charge in [0.2, 0.25) is 0 Å². The lowest BCUT2D eigenvalue weighted by Crippen LogP contribution is -2.10. The number of anilines is 3. The maximum atomic E-state index is 6.45. The van der Waals surface area contributed by atoms with Crippen LogP contribution >= 0.6 is 0 Å². The van der Waals surface area contributed by atoms with Crippen molar-refractivity contribution in [3.8, 4) is 39.1 Å². The van der Waals surface area contributed by atoms with E-state index < -0.39 is 0 Å². The number of aromatic nitrogens is 1. The fourth-order valence-electron chi connectivity index (χ4n) is 9.75. The standard InChI is InChI=1S/C60H38N2O2/c1-2-13-44(14-3-1)62-55-21-7-4-16-49(55)53-37-43(28-34-56(53)62)41-12-10-15-47(36-41)61(45-30-24-39(25-31-45)42-29-35-59-54(38-42)51-18-6-8-22-57(51)63-59)46-32-26-40(27-33-46)48-19-11-20-52-50-17-5-9-23-58(50)64-60(48)52/h1-38H. The number of furan rings is 2. The zero-order valence-corrected chi connectivity index (χ0v) is 34.7. The highest BCUT2D eigenvalue weighted by molar-refractivity contribution is 6.11. The lowest BCUT2D eigenvalue weighted by Gasteiger charge is -2.26. The normalized spacial score (nSPS) is 11.8. The zero-order valence-electron chi connectivity index (χ0n) is 34.7. The van der Waals surface area contributed by atoms with Crippen molar-refractivity contribution >= 4 is 82.7 Å². The molecule has 0 bridgehead atoms. The zero-order chi connectivity index (χ0) is 42.1. The van der Waals surface area contributed by atoms with Crippen molar-refractivity contribution in [3.63, 3.8) is 0 Å². The largest absolute Gasteiger partial charge is 0.456 e. The molecule has 300 valence electrons. The van der Waals surface area contributed by atoms with Gasteiger partial charge in [-0.25, -0.2) is 0 Å². The smallest absolute Gasteiger partial charge is 0.143 e. The molecule has 0 radical (unpaired) electrons. The molecule has 0 aliphatic heterocycles. The highest BCUT2D eigenvalue weighted by Crippen LogP contribution is 2.42. The molecule has 3 heterocycles. The van der Waals surface area contributed by atoms with Crippen molar-refractivity contribution in [2.75, 3.05) is 4.90 Å². The first-order chi connectivity index (χ1) is 31.7. The summed E-state index contributed by atoms with van der Waals surface area (Å²) in [6.45, 7) is 0. The topological polar surface area (TPSA) is 34.5 Å². The molecule has 4 heteroatoms. The number of nitrogens with zero attached hydrogens (tertiary/aromatic N) is 2. The SMILES string of the molecule is c1ccc(-n2c3ccccc3c3cc(-c4cccc(N(c5ccc(-c6ccc7oc8ccccc8c7c6)cc5)c5ccc(-c6cccc7c6oc6ccccc67)cc5)c4)ccc32)cc1. The molecule has 3 aromatic heterocycles. The molecule has 0 aliphatic rings. The van der Waals surface area contributed by atoms with Gasteiger partial charge in [0.15, 0.2) is 0 Å². The molecule has 13 aromatic rings. The maximum absolute atomic E-state index is 6.45. The van der Waals surface area contributed by atoms with E-state index in [9.17, 15) is 0 Å². The predicted molar refractivity (Wildman–Crippen MR) is 266 cm³/mol. The summed E-state index contributed by atoms with van der Waals surface area (Å²) in [5.41, 5.74) is 17.1. The Morgan fingerprint density at radius 3 is 1.64 bits per heavy atom. The molecular formula is C60H38N2O2. The van der Waals surface area contributed by atoms with Crippen LogP contribution in [0.2, 0.25) is 0 Å². The van der Waals surface area contributed by atoms with E-state index >= 15 is 0 Å². The van der Waals surface area contributed by atoms with Crippen LogP contribution < -0.4 is 4.90 Å². The number of fused-ring (bicyclic) bond motifs is 9. The molecule has 0 spiro atoms. The van der Waals surface area contributed by atoms with Crippen LogP contribution in [0, 0.1) is 0 Å². The molecule has 0 atom stereocenters. The summed E-state index contributed by atoms with van der Waals surface area (Å²) in [4.78, 5) is 2.35. The summed E-state index contributed by atoms with van der Waals surface area (Å²) in [6.07, 6.45) is 0. The number of benzene rings is 10. The molecule has 0 saturated carbocycles. The van der Waals surface area contributed by atoms with E-state index in [1.54, 1.807) is 0 Å². The Kier molecular flexibility index (Phi) is 8.18. The Hall–Kier alpha value is -8.60. The fraction of sp³-hybridized carbons (Fsp3) is 0. The monoisotopic (exact) mass is 818 g/mol. The van der Waals surface area contributed by atoms with E-state index in [2.05, 4.69) is 216 Å². The molecule has 0 amide bonds. The minimum absolute atomic E-state index is 0.897. The Labute approximate surface area is 369 Å². The second kappa shape index (κ2) is 14.5. The second-order valence-electron chi connectivity index (χ2n) is 16.5. The van der Waals surface area contributed by atoms with Crippen LogP contribution in [-0.2, 0) is 0 Å². The van der Waals surface area contributed by atoms with Crippen molar-refractivity contribution in [3.05, 3.63) is 231 Å². The van der Waals surface area contributed by atoms with Crippen LogP contribution in [-0.4, -0.2) is 4.57 Å². The number of hydrogen-bond donors (Lipinski definition) is 0. The lowest BCUT2D eigenvalue weighted by atomic mass is 10.00. The van der Waals surface area contributed by atoms with Crippen LogP contribution in [0.3, 0.4) is 0 Å². The molecule has 0 aliphatic carbocycles. The van der Waals surface area contributed by atoms with Crippen molar-refractivity contribution in [1.82, 2.24) is 4.57 Å². The van der Waals surface area contributed by atoms with Gasteiger partial charge in [0.05, 0.1) is 11.0 Å². The van der Waals surface area contributed by atoms with Gasteiger partial charge >= 0.3 is 0 Å². The molecule has 10 aromatic carbocycles. The van der Waals surface area contributed by atoms with E-state index in [1.165, 1.54) is 21.8 Å². The van der Waals surface area contributed by atoms with E-state index in [4.69, 9.17) is 8.83 Å². The summed E-state index contributed by atoms with van der Waals surface area (Å²) >= 11 is 0. The van der Waals surface area contributed by atoms with Crippen molar-refractivity contribution < 1.29 is 8.83 Å². The molecule has 4 nitrogen and oxygen atoms in total. The van der Waals surface area contributed by atoms with Gasteiger partial charge in [0.25, 0.3) is 0 Å². The molecule has 64 heavy (non-hydrogen) atoms. The summed E-state index contributed by atoms with van der Waals surface area (Å²) in [5, 5.41) is 6.97. The fourth-order valence-corrected chi connectivity index (χ4v) is 9.75. The first-order valence-corrected chi connectivity index (χ1v) is 21.7. The van der Waals surface area contributed by atoms with E-state index in [0.717, 1.165) is 100 Å². The van der Waals surface area contributed by atoms with Crippen molar-refractivity contribution in [2.24, 2.45) is 0 Å². The third-order valence-electron chi connectivity index (χ3n) is 12.8. The first kappa shape index (κ1) is 36.1. The average Bonchev–Trinajstić information content (AvgIpc) is 4.04. The van der Waals surface area contributed by atoms with Gasteiger partial charge in [-0.2, -0.15) is 0 Å². The Balaban J connectivity index is 0.921. The highest BCUT2D eigenvalue weighted by atomic mass is 16.3. The summed E-state index contributed by atoms with van der Waals surface area (Å²) in [7, 11) is 0.